The number of H-pyrrole nitrogens is 1. The highest BCUT2D eigenvalue weighted by atomic mass is 79.9. The predicted octanol–water partition coefficient (Wildman–Crippen LogP) is 6.08. The van der Waals surface area contributed by atoms with Gasteiger partial charge in [-0.1, -0.05) is 46.3 Å². The highest BCUT2D eigenvalue weighted by Gasteiger charge is 2.15. The van der Waals surface area contributed by atoms with E-state index in [0.717, 1.165) is 16.5 Å². The number of hydrogen-bond donors (Lipinski definition) is 2. The number of nitrogens with zero attached hydrogens (tertiary/aromatic N) is 2. The maximum absolute atomic E-state index is 12.8. The quantitative estimate of drug-likeness (QED) is 0.0944. The number of carbonyl (C=O) groups is 1. The smallest absolute Gasteiger partial charge is 0.269 e. The number of nitriles is 1. The van der Waals surface area contributed by atoms with E-state index in [4.69, 9.17) is 9.47 Å². The minimum Gasteiger partial charge on any atom is -0.490 e. The van der Waals surface area contributed by atoms with Crippen molar-refractivity contribution in [2.75, 3.05) is 13.2 Å². The number of benzene rings is 3. The highest BCUT2D eigenvalue weighted by Crippen LogP contribution is 2.35. The summed E-state index contributed by atoms with van der Waals surface area (Å²) in [5.41, 5.74) is 3.23. The number of para-hydroxylation sites is 1. The monoisotopic (exact) mass is 588 g/mol. The van der Waals surface area contributed by atoms with E-state index in [2.05, 4.69) is 26.2 Å². The molecule has 4 rings (SSSR count). The molecule has 9 nitrogen and oxygen atoms in total. The van der Waals surface area contributed by atoms with Gasteiger partial charge in [0, 0.05) is 40.2 Å². The molecule has 1 heterocycles. The van der Waals surface area contributed by atoms with Crippen LogP contribution in [0.25, 0.3) is 17.0 Å². The van der Waals surface area contributed by atoms with Gasteiger partial charge >= 0.3 is 0 Å². The Kier molecular flexibility index (Phi) is 8.97. The molecule has 2 N–H and O–H groups in total. The van der Waals surface area contributed by atoms with Crippen LogP contribution in [0.1, 0.15) is 23.6 Å². The molecule has 4 aromatic rings. The molecule has 0 fully saturated rings. The van der Waals surface area contributed by atoms with Crippen LogP contribution < -0.4 is 14.8 Å². The molecular formula is C29H25BrN4O5. The van der Waals surface area contributed by atoms with Gasteiger partial charge < -0.3 is 19.8 Å². The zero-order valence-electron chi connectivity index (χ0n) is 21.1. The molecule has 1 amide bonds. The minimum atomic E-state index is -0.479. The molecule has 0 unspecified atom stereocenters. The Hall–Kier alpha value is -4.62. The van der Waals surface area contributed by atoms with E-state index in [-0.39, 0.29) is 17.9 Å². The summed E-state index contributed by atoms with van der Waals surface area (Å²) in [5, 5.41) is 24.6. The molecule has 0 saturated heterocycles. The van der Waals surface area contributed by atoms with Crippen LogP contribution in [0, 0.1) is 21.4 Å². The average molecular weight is 589 g/mol. The van der Waals surface area contributed by atoms with Crippen LogP contribution >= 0.6 is 15.9 Å². The molecule has 0 radical (unpaired) electrons. The van der Waals surface area contributed by atoms with Crippen molar-refractivity contribution >= 4 is 44.5 Å². The number of fused-ring (bicyclic) bond motifs is 1. The maximum Gasteiger partial charge on any atom is 0.269 e. The number of amides is 1. The van der Waals surface area contributed by atoms with Crippen molar-refractivity contribution in [1.29, 1.82) is 5.26 Å². The van der Waals surface area contributed by atoms with E-state index in [9.17, 15) is 20.2 Å². The van der Waals surface area contributed by atoms with Crippen LogP contribution in [0.4, 0.5) is 5.69 Å². The number of carbonyl (C=O) groups excluding carboxylic acids is 1. The summed E-state index contributed by atoms with van der Waals surface area (Å²) in [6.07, 6.45) is 4.02. The molecule has 10 heteroatoms. The zero-order valence-corrected chi connectivity index (χ0v) is 22.7. The Morgan fingerprint density at radius 2 is 1.95 bits per heavy atom. The molecular weight excluding hydrogens is 564 g/mol. The van der Waals surface area contributed by atoms with E-state index in [1.807, 2.05) is 43.5 Å². The van der Waals surface area contributed by atoms with Crippen molar-refractivity contribution in [1.82, 2.24) is 10.3 Å². The molecule has 0 aliphatic rings. The summed E-state index contributed by atoms with van der Waals surface area (Å²) >= 11 is 3.48. The minimum absolute atomic E-state index is 0.0217. The largest absolute Gasteiger partial charge is 0.490 e. The summed E-state index contributed by atoms with van der Waals surface area (Å²) in [6.45, 7) is 2.64. The fourth-order valence-corrected chi connectivity index (χ4v) is 4.45. The number of rotatable bonds is 11. The number of nitro groups is 1. The molecule has 39 heavy (non-hydrogen) atoms. The molecule has 0 atom stereocenters. The van der Waals surface area contributed by atoms with Gasteiger partial charge in [0.1, 0.15) is 18.2 Å². The summed E-state index contributed by atoms with van der Waals surface area (Å²) in [7, 11) is 0. The molecule has 0 aliphatic heterocycles. The first-order valence-corrected chi connectivity index (χ1v) is 13.0. The number of halogens is 1. The van der Waals surface area contributed by atoms with Gasteiger partial charge in [-0.05, 0) is 54.3 Å². The van der Waals surface area contributed by atoms with Crippen molar-refractivity contribution in [2.24, 2.45) is 0 Å². The topological polar surface area (TPSA) is 130 Å². The van der Waals surface area contributed by atoms with Crippen molar-refractivity contribution in [3.63, 3.8) is 0 Å². The Morgan fingerprint density at radius 3 is 2.72 bits per heavy atom. The Labute approximate surface area is 233 Å². The molecule has 198 valence electrons. The van der Waals surface area contributed by atoms with Gasteiger partial charge in [-0.3, -0.25) is 14.9 Å². The number of ether oxygens (including phenoxy) is 2. The molecule has 0 spiro atoms. The van der Waals surface area contributed by atoms with E-state index in [1.54, 1.807) is 24.3 Å². The highest BCUT2D eigenvalue weighted by molar-refractivity contribution is 9.10. The van der Waals surface area contributed by atoms with E-state index in [1.165, 1.54) is 18.2 Å². The van der Waals surface area contributed by atoms with Crippen LogP contribution in [0.2, 0.25) is 0 Å². The lowest BCUT2D eigenvalue weighted by atomic mass is 10.1. The van der Waals surface area contributed by atoms with Gasteiger partial charge in [-0.15, -0.1) is 0 Å². The second kappa shape index (κ2) is 12.8. The lowest BCUT2D eigenvalue weighted by molar-refractivity contribution is -0.384. The standard InChI is InChI=1S/C29H25BrN4O5/c1-2-38-27-14-21(25(30)15-28(27)39-18-19-6-5-7-23(12-19)34(36)37)13-22(16-31)29(35)32-11-10-20-17-33-26-9-4-3-8-24(20)26/h3-9,12-15,17,33H,2,10-11,18H2,1H3,(H,32,35)/b22-13-. The van der Waals surface area contributed by atoms with Crippen molar-refractivity contribution in [2.45, 2.75) is 20.0 Å². The lowest BCUT2D eigenvalue weighted by Crippen LogP contribution is -2.26. The Balaban J connectivity index is 1.46. The fourth-order valence-electron chi connectivity index (χ4n) is 4.01. The third-order valence-corrected chi connectivity index (χ3v) is 6.59. The third kappa shape index (κ3) is 6.83. The van der Waals surface area contributed by atoms with Gasteiger partial charge in [0.2, 0.25) is 0 Å². The van der Waals surface area contributed by atoms with Crippen LogP contribution in [-0.4, -0.2) is 29.0 Å². The van der Waals surface area contributed by atoms with Gasteiger partial charge in [-0.2, -0.15) is 5.26 Å². The summed E-state index contributed by atoms with van der Waals surface area (Å²) in [5.74, 6) is 0.344. The van der Waals surface area contributed by atoms with Crippen LogP contribution in [-0.2, 0) is 17.8 Å². The van der Waals surface area contributed by atoms with Gasteiger partial charge in [0.15, 0.2) is 11.5 Å². The first-order valence-electron chi connectivity index (χ1n) is 12.2. The number of non-ortho nitro benzene ring substituents is 1. The molecule has 1 aromatic heterocycles. The Bertz CT molecular complexity index is 1590. The predicted molar refractivity (Wildman–Crippen MR) is 151 cm³/mol. The average Bonchev–Trinajstić information content (AvgIpc) is 3.35. The first-order chi connectivity index (χ1) is 18.9. The maximum atomic E-state index is 12.8. The normalized spacial score (nSPS) is 11.2. The molecule has 0 bridgehead atoms. The van der Waals surface area contributed by atoms with Crippen LogP contribution in [0.3, 0.4) is 0 Å². The number of aromatic nitrogens is 1. The Morgan fingerprint density at radius 1 is 1.15 bits per heavy atom. The number of nitrogens with one attached hydrogen (secondary N) is 2. The second-order valence-electron chi connectivity index (χ2n) is 8.50. The van der Waals surface area contributed by atoms with Gasteiger partial charge in [-0.25, -0.2) is 0 Å². The van der Waals surface area contributed by atoms with Crippen molar-refractivity contribution in [3.05, 3.63) is 104 Å². The lowest BCUT2D eigenvalue weighted by Gasteiger charge is -2.14. The van der Waals surface area contributed by atoms with Crippen LogP contribution in [0.15, 0.2) is 76.9 Å². The summed E-state index contributed by atoms with van der Waals surface area (Å²) in [6, 6.07) is 19.5. The first kappa shape index (κ1) is 27.4. The van der Waals surface area contributed by atoms with Crippen LogP contribution in [0.5, 0.6) is 11.5 Å². The van der Waals surface area contributed by atoms with Crippen molar-refractivity contribution < 1.29 is 19.2 Å². The number of nitro benzene ring substituents is 1. The SMILES string of the molecule is CCOc1cc(/C=C(/C#N)C(=O)NCCc2c[nH]c3ccccc23)c(Br)cc1OCc1cccc([N+](=O)[O-])c1. The third-order valence-electron chi connectivity index (χ3n) is 5.90. The summed E-state index contributed by atoms with van der Waals surface area (Å²) in [4.78, 5) is 26.6. The van der Waals surface area contributed by atoms with Crippen molar-refractivity contribution in [3.8, 4) is 17.6 Å². The molecule has 0 saturated carbocycles. The molecule has 0 aliphatic carbocycles. The van der Waals surface area contributed by atoms with Gasteiger partial charge in [0.25, 0.3) is 11.6 Å². The number of aromatic amines is 1. The summed E-state index contributed by atoms with van der Waals surface area (Å²) < 4.78 is 12.2. The van der Waals surface area contributed by atoms with E-state index < -0.39 is 10.8 Å². The molecule has 3 aromatic carbocycles. The number of hydrogen-bond acceptors (Lipinski definition) is 6. The fraction of sp³-hybridized carbons (Fsp3) is 0.172. The zero-order chi connectivity index (χ0) is 27.8. The van der Waals surface area contributed by atoms with Gasteiger partial charge in [0.05, 0.1) is 11.5 Å². The second-order valence-corrected chi connectivity index (χ2v) is 9.36. The van der Waals surface area contributed by atoms with E-state index in [0.29, 0.717) is 46.7 Å². The van der Waals surface area contributed by atoms with E-state index >= 15 is 0 Å².